The Morgan fingerprint density at radius 2 is 1.94 bits per heavy atom. The Hall–Kier alpha value is -1.31. The van der Waals surface area contributed by atoms with E-state index in [4.69, 9.17) is 17.3 Å². The molecule has 0 fully saturated rings. The summed E-state index contributed by atoms with van der Waals surface area (Å²) in [4.78, 5) is 3.20. The molecule has 0 saturated carbocycles. The van der Waals surface area contributed by atoms with Gasteiger partial charge in [-0.15, -0.1) is 13.2 Å². The van der Waals surface area contributed by atoms with E-state index in [2.05, 4.69) is 9.72 Å². The highest BCUT2D eigenvalue weighted by molar-refractivity contribution is 6.29. The fourth-order valence-electron chi connectivity index (χ4n) is 0.948. The zero-order chi connectivity index (χ0) is 12.5. The molecule has 1 heterocycles. The van der Waals surface area contributed by atoms with Crippen LogP contribution in [0.4, 0.5) is 27.8 Å². The standard InChI is InChI=1S/C7H4ClF5N2O/c8-3-1-2(16-7(11,12)13)4(5(9)10)6(14)15-3/h1,5H,(H2,14,15). The lowest BCUT2D eigenvalue weighted by Crippen LogP contribution is -2.19. The largest absolute Gasteiger partial charge is 0.573 e. The molecular formula is C7H4ClF5N2O. The Bertz CT molecular complexity index is 395. The minimum Gasteiger partial charge on any atom is -0.405 e. The average Bonchev–Trinajstić information content (AvgIpc) is 1.96. The van der Waals surface area contributed by atoms with E-state index in [9.17, 15) is 22.0 Å². The van der Waals surface area contributed by atoms with Crippen LogP contribution in [0, 0.1) is 0 Å². The second kappa shape index (κ2) is 4.28. The maximum atomic E-state index is 12.4. The van der Waals surface area contributed by atoms with Crippen LogP contribution in [-0.2, 0) is 0 Å². The van der Waals surface area contributed by atoms with Gasteiger partial charge >= 0.3 is 6.36 Å². The summed E-state index contributed by atoms with van der Waals surface area (Å²) in [6, 6.07) is 0.521. The summed E-state index contributed by atoms with van der Waals surface area (Å²) < 4.78 is 63.8. The van der Waals surface area contributed by atoms with E-state index in [1.54, 1.807) is 0 Å². The van der Waals surface area contributed by atoms with Crippen molar-refractivity contribution in [3.05, 3.63) is 16.8 Å². The number of nitrogens with two attached hydrogens (primary N) is 1. The molecule has 90 valence electrons. The normalized spacial score (nSPS) is 11.9. The summed E-state index contributed by atoms with van der Waals surface area (Å²) >= 11 is 5.27. The molecule has 2 N–H and O–H groups in total. The van der Waals surface area contributed by atoms with Crippen molar-refractivity contribution in [1.82, 2.24) is 4.98 Å². The lowest BCUT2D eigenvalue weighted by atomic mass is 10.2. The van der Waals surface area contributed by atoms with Crippen LogP contribution < -0.4 is 10.5 Å². The second-order valence-corrected chi connectivity index (χ2v) is 2.98. The summed E-state index contributed by atoms with van der Waals surface area (Å²) in [5.41, 5.74) is 3.88. The van der Waals surface area contributed by atoms with Crippen molar-refractivity contribution in [1.29, 1.82) is 0 Å². The van der Waals surface area contributed by atoms with E-state index >= 15 is 0 Å². The molecule has 1 aromatic rings. The first-order valence-corrected chi connectivity index (χ1v) is 4.08. The molecule has 0 spiro atoms. The molecule has 0 radical (unpaired) electrons. The second-order valence-electron chi connectivity index (χ2n) is 2.59. The molecule has 0 unspecified atom stereocenters. The van der Waals surface area contributed by atoms with Crippen LogP contribution in [-0.4, -0.2) is 11.3 Å². The van der Waals surface area contributed by atoms with Gasteiger partial charge < -0.3 is 10.5 Å². The van der Waals surface area contributed by atoms with Gasteiger partial charge in [-0.3, -0.25) is 0 Å². The molecule has 16 heavy (non-hydrogen) atoms. The van der Waals surface area contributed by atoms with E-state index in [1.807, 2.05) is 0 Å². The monoisotopic (exact) mass is 262 g/mol. The third-order valence-electron chi connectivity index (χ3n) is 1.46. The number of pyridine rings is 1. The molecule has 3 nitrogen and oxygen atoms in total. The number of alkyl halides is 5. The third-order valence-corrected chi connectivity index (χ3v) is 1.66. The Kier molecular flexibility index (Phi) is 3.41. The predicted molar refractivity (Wildman–Crippen MR) is 45.3 cm³/mol. The Balaban J connectivity index is 3.24. The fourth-order valence-corrected chi connectivity index (χ4v) is 1.14. The van der Waals surface area contributed by atoms with Crippen molar-refractivity contribution in [2.45, 2.75) is 12.8 Å². The maximum Gasteiger partial charge on any atom is 0.573 e. The van der Waals surface area contributed by atoms with E-state index in [0.29, 0.717) is 6.07 Å². The molecule has 0 aromatic carbocycles. The topological polar surface area (TPSA) is 48.1 Å². The Labute approximate surface area is 91.0 Å². The van der Waals surface area contributed by atoms with Crippen molar-refractivity contribution >= 4 is 17.4 Å². The number of anilines is 1. The van der Waals surface area contributed by atoms with Crippen molar-refractivity contribution in [2.75, 3.05) is 5.73 Å². The number of aromatic nitrogens is 1. The van der Waals surface area contributed by atoms with Gasteiger partial charge in [-0.1, -0.05) is 11.6 Å². The summed E-state index contributed by atoms with van der Waals surface area (Å²) in [5.74, 6) is -1.96. The van der Waals surface area contributed by atoms with Crippen LogP contribution in [0.15, 0.2) is 6.07 Å². The third kappa shape index (κ3) is 3.09. The van der Waals surface area contributed by atoms with E-state index in [0.717, 1.165) is 0 Å². The van der Waals surface area contributed by atoms with E-state index < -0.39 is 35.1 Å². The number of halogens is 6. The molecule has 9 heteroatoms. The van der Waals surface area contributed by atoms with Crippen molar-refractivity contribution in [2.24, 2.45) is 0 Å². The Morgan fingerprint density at radius 3 is 2.38 bits per heavy atom. The number of nitrogen functional groups attached to an aromatic ring is 1. The Morgan fingerprint density at radius 1 is 1.38 bits per heavy atom. The average molecular weight is 263 g/mol. The lowest BCUT2D eigenvalue weighted by Gasteiger charge is -2.14. The molecule has 1 rings (SSSR count). The zero-order valence-electron chi connectivity index (χ0n) is 7.36. The van der Waals surface area contributed by atoms with Crippen LogP contribution in [0.25, 0.3) is 0 Å². The lowest BCUT2D eigenvalue weighted by molar-refractivity contribution is -0.275. The number of hydrogen-bond donors (Lipinski definition) is 1. The van der Waals surface area contributed by atoms with Crippen molar-refractivity contribution in [3.8, 4) is 5.75 Å². The molecule has 0 bridgehead atoms. The predicted octanol–water partition coefficient (Wildman–Crippen LogP) is 3.15. The van der Waals surface area contributed by atoms with Gasteiger partial charge in [0.2, 0.25) is 0 Å². The van der Waals surface area contributed by atoms with E-state index in [1.165, 1.54) is 0 Å². The first kappa shape index (κ1) is 12.8. The molecule has 0 atom stereocenters. The van der Waals surface area contributed by atoms with Gasteiger partial charge in [0.25, 0.3) is 6.43 Å². The molecule has 0 aliphatic carbocycles. The van der Waals surface area contributed by atoms with Gasteiger partial charge in [-0.2, -0.15) is 0 Å². The minimum atomic E-state index is -5.11. The summed E-state index contributed by atoms with van der Waals surface area (Å²) in [6.07, 6.45) is -8.36. The van der Waals surface area contributed by atoms with Gasteiger partial charge in [0, 0.05) is 6.07 Å². The first-order chi connectivity index (χ1) is 7.20. The molecule has 1 aromatic heterocycles. The van der Waals surface area contributed by atoms with Crippen LogP contribution in [0.2, 0.25) is 5.15 Å². The van der Waals surface area contributed by atoms with Crippen molar-refractivity contribution in [3.63, 3.8) is 0 Å². The van der Waals surface area contributed by atoms with Crippen LogP contribution in [0.3, 0.4) is 0 Å². The summed E-state index contributed by atoms with van der Waals surface area (Å²) in [7, 11) is 0. The van der Waals surface area contributed by atoms with Gasteiger partial charge in [0.1, 0.15) is 22.3 Å². The highest BCUT2D eigenvalue weighted by Crippen LogP contribution is 2.37. The van der Waals surface area contributed by atoms with Crippen molar-refractivity contribution < 1.29 is 26.7 Å². The summed E-state index contributed by atoms with van der Waals surface area (Å²) in [5, 5.41) is -0.471. The first-order valence-electron chi connectivity index (χ1n) is 3.70. The van der Waals surface area contributed by atoms with E-state index in [-0.39, 0.29) is 0 Å². The van der Waals surface area contributed by atoms with Crippen LogP contribution in [0.1, 0.15) is 12.0 Å². The van der Waals surface area contributed by atoms with Crippen LogP contribution >= 0.6 is 11.6 Å². The summed E-state index contributed by atoms with van der Waals surface area (Å²) in [6.45, 7) is 0. The highest BCUT2D eigenvalue weighted by Gasteiger charge is 2.34. The number of nitrogens with zero attached hydrogens (tertiary/aromatic N) is 1. The smallest absolute Gasteiger partial charge is 0.405 e. The molecule has 0 saturated heterocycles. The quantitative estimate of drug-likeness (QED) is 0.658. The molecular weight excluding hydrogens is 259 g/mol. The van der Waals surface area contributed by atoms with Gasteiger partial charge in [0.15, 0.2) is 0 Å². The molecule has 0 aliphatic heterocycles. The SMILES string of the molecule is Nc1nc(Cl)cc(OC(F)(F)F)c1C(F)F. The fraction of sp³-hybridized carbons (Fsp3) is 0.286. The van der Waals surface area contributed by atoms with Gasteiger partial charge in [0.05, 0.1) is 0 Å². The van der Waals surface area contributed by atoms with Gasteiger partial charge in [-0.05, 0) is 0 Å². The number of ether oxygens (including phenoxy) is 1. The highest BCUT2D eigenvalue weighted by atomic mass is 35.5. The minimum absolute atomic E-state index is 0.471. The number of rotatable bonds is 2. The van der Waals surface area contributed by atoms with Crippen LogP contribution in [0.5, 0.6) is 5.75 Å². The maximum absolute atomic E-state index is 12.4. The number of hydrogen-bond acceptors (Lipinski definition) is 3. The zero-order valence-corrected chi connectivity index (χ0v) is 8.11. The molecule has 0 aliphatic rings. The molecule has 0 amide bonds. The van der Waals surface area contributed by atoms with Gasteiger partial charge in [-0.25, -0.2) is 13.8 Å².